The van der Waals surface area contributed by atoms with E-state index in [1.54, 1.807) is 6.07 Å². The Kier molecular flexibility index (Phi) is 3.41. The van der Waals surface area contributed by atoms with Crippen LogP contribution in [0.15, 0.2) is 6.07 Å². The Morgan fingerprint density at radius 1 is 1.38 bits per heavy atom. The Bertz CT molecular complexity index is 730. The zero-order chi connectivity index (χ0) is 15.2. The number of carbonyl (C=O) groups excluding carboxylic acids is 2. The van der Waals surface area contributed by atoms with Crippen LogP contribution in [0.4, 0.5) is 5.13 Å². The number of amides is 1. The number of carbonyl (C=O) groups is 2. The second-order valence-corrected chi connectivity index (χ2v) is 8.02. The predicted octanol–water partition coefficient (Wildman–Crippen LogP) is 3.32. The molecule has 0 aliphatic heterocycles. The normalized spacial score (nSPS) is 16.6. The molecule has 0 saturated carbocycles. The summed E-state index contributed by atoms with van der Waals surface area (Å²) in [7, 11) is 0. The number of nitrogens with one attached hydrogen (secondary N) is 1. The Morgan fingerprint density at radius 2 is 2.14 bits per heavy atom. The second kappa shape index (κ2) is 4.99. The maximum absolute atomic E-state index is 12.1. The number of ketones is 1. The van der Waals surface area contributed by atoms with Crippen molar-refractivity contribution < 1.29 is 9.59 Å². The number of rotatable bonds is 2. The summed E-state index contributed by atoms with van der Waals surface area (Å²) >= 11 is 2.55. The molecule has 1 aliphatic carbocycles. The van der Waals surface area contributed by atoms with Gasteiger partial charge in [0.1, 0.15) is 5.69 Å². The first kappa shape index (κ1) is 14.3. The molecule has 7 heteroatoms. The van der Waals surface area contributed by atoms with Gasteiger partial charge in [-0.25, -0.2) is 4.98 Å². The van der Waals surface area contributed by atoms with Crippen LogP contribution in [0.25, 0.3) is 0 Å². The molecule has 0 bridgehead atoms. The molecule has 0 spiro atoms. The van der Waals surface area contributed by atoms with Crippen LogP contribution in [-0.2, 0) is 6.42 Å². The smallest absolute Gasteiger partial charge is 0.277 e. The molecule has 0 atom stereocenters. The molecule has 110 valence electrons. The Hall–Kier alpha value is -1.60. The predicted molar refractivity (Wildman–Crippen MR) is 83.4 cm³/mol. The van der Waals surface area contributed by atoms with Gasteiger partial charge in [-0.2, -0.15) is 4.37 Å². The summed E-state index contributed by atoms with van der Waals surface area (Å²) in [5, 5.41) is 3.21. The van der Waals surface area contributed by atoms with Gasteiger partial charge in [0.15, 0.2) is 10.9 Å². The lowest BCUT2D eigenvalue weighted by atomic mass is 9.78. The van der Waals surface area contributed by atoms with E-state index in [4.69, 9.17) is 0 Å². The van der Waals surface area contributed by atoms with Crippen LogP contribution in [-0.4, -0.2) is 21.0 Å². The average molecular weight is 321 g/mol. The Balaban J connectivity index is 1.82. The van der Waals surface area contributed by atoms with Gasteiger partial charge in [-0.1, -0.05) is 25.2 Å². The SMILES string of the molecule is Cc1cc(C(=O)Nc2nc3c(s2)C(=O)CC(C)(C)C3)ns1. The van der Waals surface area contributed by atoms with Crippen molar-refractivity contribution in [1.82, 2.24) is 9.36 Å². The van der Waals surface area contributed by atoms with Gasteiger partial charge in [0, 0.05) is 11.3 Å². The van der Waals surface area contributed by atoms with Gasteiger partial charge >= 0.3 is 0 Å². The van der Waals surface area contributed by atoms with Gasteiger partial charge in [-0.3, -0.25) is 14.9 Å². The van der Waals surface area contributed by atoms with Crippen molar-refractivity contribution >= 4 is 39.7 Å². The minimum Gasteiger partial charge on any atom is -0.296 e. The molecule has 21 heavy (non-hydrogen) atoms. The van der Waals surface area contributed by atoms with Crippen LogP contribution in [0.2, 0.25) is 0 Å². The van der Waals surface area contributed by atoms with E-state index in [2.05, 4.69) is 28.5 Å². The first-order valence-electron chi connectivity index (χ1n) is 6.62. The quantitative estimate of drug-likeness (QED) is 0.921. The van der Waals surface area contributed by atoms with Crippen LogP contribution in [0.1, 0.15) is 51.0 Å². The molecular weight excluding hydrogens is 306 g/mol. The number of hydrogen-bond acceptors (Lipinski definition) is 6. The second-order valence-electron chi connectivity index (χ2n) is 6.01. The summed E-state index contributed by atoms with van der Waals surface area (Å²) in [4.78, 5) is 30.3. The molecule has 0 unspecified atom stereocenters. The van der Waals surface area contributed by atoms with Gasteiger partial charge in [-0.15, -0.1) is 0 Å². The van der Waals surface area contributed by atoms with Crippen LogP contribution in [0.5, 0.6) is 0 Å². The third-order valence-electron chi connectivity index (χ3n) is 3.32. The van der Waals surface area contributed by atoms with Crippen molar-refractivity contribution in [3.05, 3.63) is 27.2 Å². The molecule has 0 aromatic carbocycles. The highest BCUT2D eigenvalue weighted by Gasteiger charge is 2.34. The molecular formula is C14H15N3O2S2. The highest BCUT2D eigenvalue weighted by molar-refractivity contribution is 7.17. The number of Topliss-reactive ketones (excluding diaryl/α,β-unsaturated/α-hetero) is 1. The fraction of sp³-hybridized carbons (Fsp3) is 0.429. The van der Waals surface area contributed by atoms with Crippen molar-refractivity contribution in [1.29, 1.82) is 0 Å². The molecule has 0 radical (unpaired) electrons. The number of aryl methyl sites for hydroxylation is 1. The minimum absolute atomic E-state index is 0.0640. The summed E-state index contributed by atoms with van der Waals surface area (Å²) in [6.07, 6.45) is 1.29. The first-order valence-corrected chi connectivity index (χ1v) is 8.21. The molecule has 3 rings (SSSR count). The number of thiazole rings is 1. The molecule has 5 nitrogen and oxygen atoms in total. The molecule has 0 fully saturated rings. The minimum atomic E-state index is -0.280. The van der Waals surface area contributed by atoms with Crippen LogP contribution >= 0.6 is 22.9 Å². The average Bonchev–Trinajstić information content (AvgIpc) is 2.94. The van der Waals surface area contributed by atoms with Crippen molar-refractivity contribution in [2.45, 2.75) is 33.6 Å². The number of anilines is 1. The molecule has 2 aromatic rings. The van der Waals surface area contributed by atoms with Crippen molar-refractivity contribution in [3.63, 3.8) is 0 Å². The molecule has 0 saturated heterocycles. The van der Waals surface area contributed by atoms with Crippen molar-refractivity contribution in [2.75, 3.05) is 5.32 Å². The van der Waals surface area contributed by atoms with Gasteiger partial charge in [-0.05, 0) is 36.4 Å². The zero-order valence-corrected chi connectivity index (χ0v) is 13.7. The van der Waals surface area contributed by atoms with E-state index in [9.17, 15) is 9.59 Å². The monoisotopic (exact) mass is 321 g/mol. The zero-order valence-electron chi connectivity index (χ0n) is 12.0. The molecule has 1 aliphatic rings. The maximum atomic E-state index is 12.1. The summed E-state index contributed by atoms with van der Waals surface area (Å²) < 4.78 is 4.07. The maximum Gasteiger partial charge on any atom is 0.277 e. The highest BCUT2D eigenvalue weighted by Crippen LogP contribution is 2.38. The first-order chi connectivity index (χ1) is 9.84. The Morgan fingerprint density at radius 3 is 2.81 bits per heavy atom. The van der Waals surface area contributed by atoms with E-state index >= 15 is 0 Å². The fourth-order valence-corrected chi connectivity index (χ4v) is 3.86. The highest BCUT2D eigenvalue weighted by atomic mass is 32.1. The van der Waals surface area contributed by atoms with Crippen LogP contribution in [0, 0.1) is 12.3 Å². The lowest BCUT2D eigenvalue weighted by molar-refractivity contribution is 0.0915. The van der Waals surface area contributed by atoms with E-state index < -0.39 is 0 Å². The van der Waals surface area contributed by atoms with E-state index in [-0.39, 0.29) is 17.1 Å². The number of nitrogens with zero attached hydrogens (tertiary/aromatic N) is 2. The van der Waals surface area contributed by atoms with E-state index in [1.165, 1.54) is 22.9 Å². The van der Waals surface area contributed by atoms with Crippen LogP contribution < -0.4 is 5.32 Å². The molecule has 1 amide bonds. The third kappa shape index (κ3) is 2.89. The molecule has 2 aromatic heterocycles. The van der Waals surface area contributed by atoms with Crippen LogP contribution in [0.3, 0.4) is 0 Å². The summed E-state index contributed by atoms with van der Waals surface area (Å²) in [6, 6.07) is 1.74. The topological polar surface area (TPSA) is 72.0 Å². The van der Waals surface area contributed by atoms with E-state index in [1.807, 2.05) is 6.92 Å². The van der Waals surface area contributed by atoms with Crippen molar-refractivity contribution in [2.24, 2.45) is 5.41 Å². The number of hydrogen-bond donors (Lipinski definition) is 1. The van der Waals surface area contributed by atoms with E-state index in [0.717, 1.165) is 17.0 Å². The van der Waals surface area contributed by atoms with E-state index in [0.29, 0.717) is 22.1 Å². The van der Waals surface area contributed by atoms with Crippen molar-refractivity contribution in [3.8, 4) is 0 Å². The largest absolute Gasteiger partial charge is 0.296 e. The van der Waals surface area contributed by atoms with Gasteiger partial charge < -0.3 is 0 Å². The summed E-state index contributed by atoms with van der Waals surface area (Å²) in [6.45, 7) is 6.02. The van der Waals surface area contributed by atoms with Gasteiger partial charge in [0.05, 0.1) is 10.6 Å². The molecule has 2 heterocycles. The van der Waals surface area contributed by atoms with Gasteiger partial charge in [0.25, 0.3) is 5.91 Å². The summed E-state index contributed by atoms with van der Waals surface area (Å²) in [5.41, 5.74) is 1.12. The lowest BCUT2D eigenvalue weighted by Gasteiger charge is -2.26. The lowest BCUT2D eigenvalue weighted by Crippen LogP contribution is -2.26. The standard InChI is InChI=1S/C14H15N3O2S2/c1-7-4-8(17-21-7)12(19)16-13-15-9-5-14(2,3)6-10(18)11(9)20-13/h4H,5-6H2,1-3H3,(H,15,16,19). The third-order valence-corrected chi connectivity index (χ3v) is 5.06. The van der Waals surface area contributed by atoms with Gasteiger partial charge in [0.2, 0.25) is 0 Å². The number of aromatic nitrogens is 2. The fourth-order valence-electron chi connectivity index (χ4n) is 2.41. The Labute approximate surface area is 130 Å². The summed E-state index contributed by atoms with van der Waals surface area (Å²) in [5.74, 6) is -0.166. The molecule has 1 N–H and O–H groups in total. The number of fused-ring (bicyclic) bond motifs is 1.